The Morgan fingerprint density at radius 3 is 2.74 bits per heavy atom. The quantitative estimate of drug-likeness (QED) is 0.691. The summed E-state index contributed by atoms with van der Waals surface area (Å²) >= 11 is 0. The first-order valence-corrected chi connectivity index (χ1v) is 7.42. The summed E-state index contributed by atoms with van der Waals surface area (Å²) in [6.07, 6.45) is 5.52. The van der Waals surface area contributed by atoms with Crippen LogP contribution in [0.3, 0.4) is 0 Å². The van der Waals surface area contributed by atoms with E-state index in [-0.39, 0.29) is 16.9 Å². The Kier molecular flexibility index (Phi) is 3.73. The second-order valence-electron chi connectivity index (χ2n) is 5.54. The van der Waals surface area contributed by atoms with Crippen LogP contribution in [-0.4, -0.2) is 18.7 Å². The average Bonchev–Trinajstić information content (AvgIpc) is 2.86. The van der Waals surface area contributed by atoms with Crippen molar-refractivity contribution in [3.8, 4) is 5.69 Å². The van der Waals surface area contributed by atoms with Crippen LogP contribution in [0.4, 0.5) is 0 Å². The third kappa shape index (κ3) is 2.52. The highest BCUT2D eigenvalue weighted by molar-refractivity contribution is 5.46. The number of allylic oxidation sites excluding steroid dienone is 1. The predicted octanol–water partition coefficient (Wildman–Crippen LogP) is 1.84. The Bertz CT molecular complexity index is 1010. The number of aromatic nitrogens is 4. The normalized spacial score (nSPS) is 11.0. The molecule has 1 aromatic carbocycles. The summed E-state index contributed by atoms with van der Waals surface area (Å²) in [6, 6.07) is 5.91. The van der Waals surface area contributed by atoms with E-state index in [0.29, 0.717) is 13.0 Å². The summed E-state index contributed by atoms with van der Waals surface area (Å²) in [5.74, 6) is 0. The van der Waals surface area contributed by atoms with Crippen LogP contribution in [0.5, 0.6) is 0 Å². The molecule has 3 rings (SSSR count). The van der Waals surface area contributed by atoms with E-state index in [4.69, 9.17) is 0 Å². The molecule has 0 saturated heterocycles. The minimum Gasteiger partial charge on any atom is -0.279 e. The highest BCUT2D eigenvalue weighted by Crippen LogP contribution is 2.14. The minimum absolute atomic E-state index is 0.127. The number of rotatable bonds is 4. The SMILES string of the molecule is C=CCCn1nc2c(=O)n(-c3cc(C)ccc3C)ccn2c1=O. The Hall–Kier alpha value is -2.89. The summed E-state index contributed by atoms with van der Waals surface area (Å²) in [5.41, 5.74) is 2.34. The lowest BCUT2D eigenvalue weighted by Gasteiger charge is -2.09. The predicted molar refractivity (Wildman–Crippen MR) is 89.3 cm³/mol. The first-order chi connectivity index (χ1) is 11.0. The Labute approximate surface area is 132 Å². The van der Waals surface area contributed by atoms with Gasteiger partial charge in [-0.1, -0.05) is 18.2 Å². The number of benzene rings is 1. The zero-order valence-corrected chi connectivity index (χ0v) is 13.2. The van der Waals surface area contributed by atoms with E-state index in [0.717, 1.165) is 16.8 Å². The van der Waals surface area contributed by atoms with E-state index in [1.54, 1.807) is 18.5 Å². The van der Waals surface area contributed by atoms with Gasteiger partial charge in [-0.2, -0.15) is 0 Å². The van der Waals surface area contributed by atoms with Crippen molar-refractivity contribution in [1.29, 1.82) is 0 Å². The molecule has 0 aliphatic rings. The third-order valence-electron chi connectivity index (χ3n) is 3.81. The zero-order valence-electron chi connectivity index (χ0n) is 13.2. The van der Waals surface area contributed by atoms with Gasteiger partial charge in [0.1, 0.15) is 0 Å². The topological polar surface area (TPSA) is 61.3 Å². The molecule has 0 fully saturated rings. The van der Waals surface area contributed by atoms with Gasteiger partial charge < -0.3 is 0 Å². The van der Waals surface area contributed by atoms with Gasteiger partial charge in [-0.05, 0) is 37.5 Å². The molecular formula is C17H18N4O2. The van der Waals surface area contributed by atoms with E-state index < -0.39 is 0 Å². The van der Waals surface area contributed by atoms with Gasteiger partial charge in [-0.25, -0.2) is 13.9 Å². The number of nitrogens with zero attached hydrogens (tertiary/aromatic N) is 4. The van der Waals surface area contributed by atoms with Crippen molar-refractivity contribution in [3.05, 3.63) is 75.2 Å². The Balaban J connectivity index is 2.23. The maximum absolute atomic E-state index is 12.7. The van der Waals surface area contributed by atoms with Crippen LogP contribution < -0.4 is 11.2 Å². The molecule has 118 valence electrons. The lowest BCUT2D eigenvalue weighted by molar-refractivity contribution is 0.601. The van der Waals surface area contributed by atoms with Crippen LogP contribution >= 0.6 is 0 Å². The van der Waals surface area contributed by atoms with E-state index in [1.165, 1.54) is 13.6 Å². The second kappa shape index (κ2) is 5.72. The van der Waals surface area contributed by atoms with Crippen LogP contribution in [0.2, 0.25) is 0 Å². The fourth-order valence-electron chi connectivity index (χ4n) is 2.54. The van der Waals surface area contributed by atoms with E-state index in [2.05, 4.69) is 11.7 Å². The molecule has 0 amide bonds. The summed E-state index contributed by atoms with van der Waals surface area (Å²) in [5, 5.41) is 4.17. The number of aryl methyl sites for hydroxylation is 3. The van der Waals surface area contributed by atoms with Crippen molar-refractivity contribution in [3.63, 3.8) is 0 Å². The highest BCUT2D eigenvalue weighted by atomic mass is 16.2. The van der Waals surface area contributed by atoms with Gasteiger partial charge in [-0.3, -0.25) is 9.36 Å². The molecule has 6 heteroatoms. The van der Waals surface area contributed by atoms with Crippen molar-refractivity contribution in [2.45, 2.75) is 26.8 Å². The molecule has 0 saturated carbocycles. The monoisotopic (exact) mass is 310 g/mol. The molecule has 0 atom stereocenters. The Morgan fingerprint density at radius 2 is 2.00 bits per heavy atom. The molecule has 0 N–H and O–H groups in total. The zero-order chi connectivity index (χ0) is 16.6. The lowest BCUT2D eigenvalue weighted by atomic mass is 10.1. The minimum atomic E-state index is -0.313. The number of hydrogen-bond acceptors (Lipinski definition) is 3. The third-order valence-corrected chi connectivity index (χ3v) is 3.81. The van der Waals surface area contributed by atoms with Crippen LogP contribution in [0.1, 0.15) is 17.5 Å². The summed E-state index contributed by atoms with van der Waals surface area (Å²) in [7, 11) is 0. The molecular weight excluding hydrogens is 292 g/mol. The van der Waals surface area contributed by atoms with E-state index in [1.807, 2.05) is 32.0 Å². The average molecular weight is 310 g/mol. The highest BCUT2D eigenvalue weighted by Gasteiger charge is 2.13. The molecule has 0 radical (unpaired) electrons. The van der Waals surface area contributed by atoms with Gasteiger partial charge in [0, 0.05) is 18.9 Å². The van der Waals surface area contributed by atoms with E-state index >= 15 is 0 Å². The molecule has 0 aliphatic heterocycles. The van der Waals surface area contributed by atoms with Crippen molar-refractivity contribution in [1.82, 2.24) is 18.7 Å². The fourth-order valence-corrected chi connectivity index (χ4v) is 2.54. The van der Waals surface area contributed by atoms with Crippen LogP contribution in [0.25, 0.3) is 11.3 Å². The van der Waals surface area contributed by atoms with Crippen molar-refractivity contribution in [2.24, 2.45) is 0 Å². The summed E-state index contributed by atoms with van der Waals surface area (Å²) in [6.45, 7) is 7.96. The van der Waals surface area contributed by atoms with Crippen LogP contribution in [0, 0.1) is 13.8 Å². The maximum atomic E-state index is 12.7. The second-order valence-corrected chi connectivity index (χ2v) is 5.54. The largest absolute Gasteiger partial charge is 0.350 e. The van der Waals surface area contributed by atoms with Gasteiger partial charge >= 0.3 is 11.2 Å². The maximum Gasteiger partial charge on any atom is 0.350 e. The first-order valence-electron chi connectivity index (χ1n) is 7.42. The van der Waals surface area contributed by atoms with Gasteiger partial charge in [0.25, 0.3) is 0 Å². The Morgan fingerprint density at radius 1 is 1.22 bits per heavy atom. The van der Waals surface area contributed by atoms with E-state index in [9.17, 15) is 9.59 Å². The molecule has 0 unspecified atom stereocenters. The fraction of sp³-hybridized carbons (Fsp3) is 0.235. The molecule has 0 aliphatic carbocycles. The van der Waals surface area contributed by atoms with Crippen LogP contribution in [-0.2, 0) is 6.54 Å². The van der Waals surface area contributed by atoms with Gasteiger partial charge in [0.2, 0.25) is 5.65 Å². The van der Waals surface area contributed by atoms with Gasteiger partial charge in [0.05, 0.1) is 5.69 Å². The first kappa shape index (κ1) is 15.0. The molecule has 6 nitrogen and oxygen atoms in total. The molecule has 0 bridgehead atoms. The molecule has 2 heterocycles. The van der Waals surface area contributed by atoms with Crippen LogP contribution in [0.15, 0.2) is 52.8 Å². The molecule has 0 spiro atoms. The standard InChI is InChI=1S/C17H18N4O2/c1-4-5-8-21-17(23)20-10-9-19(16(22)15(20)18-21)14-11-12(2)6-7-13(14)3/h4,6-7,9-11H,1,5,8H2,2-3H3. The van der Waals surface area contributed by atoms with Crippen molar-refractivity contribution in [2.75, 3.05) is 0 Å². The molecule has 3 aromatic rings. The number of fused-ring (bicyclic) bond motifs is 1. The van der Waals surface area contributed by atoms with Crippen molar-refractivity contribution >= 4 is 5.65 Å². The van der Waals surface area contributed by atoms with Crippen molar-refractivity contribution < 1.29 is 0 Å². The summed E-state index contributed by atoms with van der Waals surface area (Å²) < 4.78 is 4.11. The molecule has 23 heavy (non-hydrogen) atoms. The number of hydrogen-bond donors (Lipinski definition) is 0. The molecule has 2 aromatic heterocycles. The smallest absolute Gasteiger partial charge is 0.279 e. The summed E-state index contributed by atoms with van der Waals surface area (Å²) in [4.78, 5) is 25.0. The van der Waals surface area contributed by atoms with Gasteiger partial charge in [0.15, 0.2) is 0 Å². The van der Waals surface area contributed by atoms with Gasteiger partial charge in [-0.15, -0.1) is 11.7 Å². The lowest BCUT2D eigenvalue weighted by Crippen LogP contribution is -2.24.